The number of anilines is 1. The molecule has 1 aromatic carbocycles. The van der Waals surface area contributed by atoms with E-state index in [-0.39, 0.29) is 11.5 Å². The maximum absolute atomic E-state index is 13.2. The van der Waals surface area contributed by atoms with Gasteiger partial charge in [-0.05, 0) is 63.1 Å². The largest absolute Gasteiger partial charge is 0.365 e. The number of aryl methyl sites for hydroxylation is 3. The highest BCUT2D eigenvalue weighted by atomic mass is 32.1. The molecule has 156 valence electrons. The molecule has 2 aromatic heterocycles. The van der Waals surface area contributed by atoms with Crippen molar-refractivity contribution in [3.05, 3.63) is 61.8 Å². The fourth-order valence-corrected chi connectivity index (χ4v) is 5.67. The lowest BCUT2D eigenvalue weighted by atomic mass is 9.95. The molecule has 0 bridgehead atoms. The Morgan fingerprint density at radius 2 is 1.90 bits per heavy atom. The number of para-hydroxylation sites is 1. The second kappa shape index (κ2) is 7.72. The molecule has 3 aromatic rings. The number of benzene rings is 1. The summed E-state index contributed by atoms with van der Waals surface area (Å²) >= 11 is 1.42. The van der Waals surface area contributed by atoms with Gasteiger partial charge in [0.15, 0.2) is 0 Å². The molecule has 3 N–H and O–H groups in total. The Bertz CT molecular complexity index is 1240. The minimum Gasteiger partial charge on any atom is -0.365 e. The number of hydrogen-bond acceptors (Lipinski definition) is 4. The molecule has 0 spiro atoms. The van der Waals surface area contributed by atoms with Crippen molar-refractivity contribution in [1.29, 1.82) is 0 Å². The first-order valence-electron chi connectivity index (χ1n) is 10.2. The van der Waals surface area contributed by atoms with E-state index >= 15 is 0 Å². The van der Waals surface area contributed by atoms with Gasteiger partial charge in [-0.3, -0.25) is 19.0 Å². The first-order chi connectivity index (χ1) is 14.3. The molecule has 30 heavy (non-hydrogen) atoms. The fourth-order valence-electron chi connectivity index (χ4n) is 4.37. The van der Waals surface area contributed by atoms with Crippen LogP contribution in [-0.2, 0) is 17.6 Å². The number of fused-ring (bicyclic) bond motifs is 2. The summed E-state index contributed by atoms with van der Waals surface area (Å²) in [5.41, 5.74) is 9.37. The standard InChI is InChI=1S/C23H25N3O3S/c1-12-7-6-9-15-13(2)11-18(27)26(20(12)15)14(3)22(29)25-23-19(21(24)28)16-8-4-5-10-17(16)30-23/h6-7,9,11,14H,4-5,8,10H2,1-3H3,(H2,24,28)(H,25,29). The molecular weight excluding hydrogens is 398 g/mol. The third-order valence-corrected chi connectivity index (χ3v) is 7.11. The SMILES string of the molecule is Cc1cc(=O)n(C(C)C(=O)Nc2sc3c(c2C(N)=O)CCCC3)c2c(C)cccc12. The van der Waals surface area contributed by atoms with Crippen molar-refractivity contribution in [2.24, 2.45) is 5.73 Å². The van der Waals surface area contributed by atoms with Gasteiger partial charge >= 0.3 is 0 Å². The molecule has 2 amide bonds. The number of thiophene rings is 1. The van der Waals surface area contributed by atoms with Gasteiger partial charge in [0.25, 0.3) is 11.5 Å². The molecule has 0 radical (unpaired) electrons. The van der Waals surface area contributed by atoms with Crippen LogP contribution in [0.2, 0.25) is 0 Å². The lowest BCUT2D eigenvalue weighted by Gasteiger charge is -2.20. The van der Waals surface area contributed by atoms with Gasteiger partial charge in [-0.25, -0.2) is 0 Å². The first-order valence-corrected chi connectivity index (χ1v) is 11.0. The molecule has 0 saturated heterocycles. The zero-order valence-electron chi connectivity index (χ0n) is 17.4. The van der Waals surface area contributed by atoms with Crippen LogP contribution in [0.15, 0.2) is 29.1 Å². The molecule has 0 aliphatic heterocycles. The van der Waals surface area contributed by atoms with Crippen LogP contribution in [0.1, 0.15) is 57.7 Å². The summed E-state index contributed by atoms with van der Waals surface area (Å²) in [4.78, 5) is 39.3. The summed E-state index contributed by atoms with van der Waals surface area (Å²) in [6.45, 7) is 5.53. The van der Waals surface area contributed by atoms with Crippen LogP contribution >= 0.6 is 11.3 Å². The number of aromatic nitrogens is 1. The second-order valence-corrected chi connectivity index (χ2v) is 9.06. The maximum Gasteiger partial charge on any atom is 0.252 e. The van der Waals surface area contributed by atoms with Crippen molar-refractivity contribution in [2.75, 3.05) is 5.32 Å². The molecule has 6 nitrogen and oxygen atoms in total. The molecule has 1 unspecified atom stereocenters. The summed E-state index contributed by atoms with van der Waals surface area (Å²) in [7, 11) is 0. The number of hydrogen-bond donors (Lipinski definition) is 2. The van der Waals surface area contributed by atoms with Gasteiger partial charge in [0.2, 0.25) is 5.91 Å². The second-order valence-electron chi connectivity index (χ2n) is 7.95. The summed E-state index contributed by atoms with van der Waals surface area (Å²) in [5, 5.41) is 4.33. The van der Waals surface area contributed by atoms with Gasteiger partial charge < -0.3 is 11.1 Å². The van der Waals surface area contributed by atoms with Gasteiger partial charge in [-0.1, -0.05) is 18.2 Å². The zero-order valence-corrected chi connectivity index (χ0v) is 18.2. The fraction of sp³-hybridized carbons (Fsp3) is 0.348. The Morgan fingerprint density at radius 1 is 1.17 bits per heavy atom. The van der Waals surface area contributed by atoms with Crippen molar-refractivity contribution in [3.63, 3.8) is 0 Å². The van der Waals surface area contributed by atoms with Crippen LogP contribution in [-0.4, -0.2) is 16.4 Å². The lowest BCUT2D eigenvalue weighted by Crippen LogP contribution is -2.32. The smallest absolute Gasteiger partial charge is 0.252 e. The summed E-state index contributed by atoms with van der Waals surface area (Å²) in [6.07, 6.45) is 3.78. The van der Waals surface area contributed by atoms with E-state index in [1.54, 1.807) is 13.0 Å². The maximum atomic E-state index is 13.2. The zero-order chi connectivity index (χ0) is 21.6. The summed E-state index contributed by atoms with van der Waals surface area (Å²) < 4.78 is 1.53. The Morgan fingerprint density at radius 3 is 2.63 bits per heavy atom. The van der Waals surface area contributed by atoms with E-state index < -0.39 is 11.9 Å². The van der Waals surface area contributed by atoms with Gasteiger partial charge in [0, 0.05) is 16.3 Å². The molecule has 1 atom stereocenters. The van der Waals surface area contributed by atoms with Gasteiger partial charge in [0.1, 0.15) is 11.0 Å². The number of pyridine rings is 1. The van der Waals surface area contributed by atoms with Crippen molar-refractivity contribution in [3.8, 4) is 0 Å². The third kappa shape index (κ3) is 3.33. The van der Waals surface area contributed by atoms with E-state index in [2.05, 4.69) is 5.32 Å². The summed E-state index contributed by atoms with van der Waals surface area (Å²) in [6, 6.07) is 6.64. The van der Waals surface area contributed by atoms with Gasteiger partial charge in [-0.15, -0.1) is 11.3 Å². The highest BCUT2D eigenvalue weighted by Crippen LogP contribution is 2.38. The molecule has 7 heteroatoms. The molecule has 0 fully saturated rings. The van der Waals surface area contributed by atoms with E-state index in [4.69, 9.17) is 5.73 Å². The normalized spacial score (nSPS) is 14.4. The molecule has 2 heterocycles. The highest BCUT2D eigenvalue weighted by Gasteiger charge is 2.27. The van der Waals surface area contributed by atoms with Crippen molar-refractivity contribution >= 4 is 39.1 Å². The van der Waals surface area contributed by atoms with Crippen molar-refractivity contribution < 1.29 is 9.59 Å². The average Bonchev–Trinajstić information content (AvgIpc) is 3.06. The van der Waals surface area contributed by atoms with Crippen LogP contribution in [0.4, 0.5) is 5.00 Å². The minimum atomic E-state index is -0.749. The predicted molar refractivity (Wildman–Crippen MR) is 121 cm³/mol. The summed E-state index contributed by atoms with van der Waals surface area (Å²) in [5.74, 6) is -0.863. The lowest BCUT2D eigenvalue weighted by molar-refractivity contribution is -0.118. The average molecular weight is 424 g/mol. The number of nitrogens with zero attached hydrogens (tertiary/aromatic N) is 1. The van der Waals surface area contributed by atoms with Gasteiger partial charge in [-0.2, -0.15) is 0 Å². The van der Waals surface area contributed by atoms with E-state index in [1.807, 2.05) is 32.0 Å². The molecule has 0 saturated carbocycles. The van der Waals surface area contributed by atoms with Crippen LogP contribution in [0.3, 0.4) is 0 Å². The van der Waals surface area contributed by atoms with Crippen molar-refractivity contribution in [1.82, 2.24) is 4.57 Å². The first kappa shape index (κ1) is 20.3. The van der Waals surface area contributed by atoms with E-state index in [9.17, 15) is 14.4 Å². The van der Waals surface area contributed by atoms with Gasteiger partial charge in [0.05, 0.1) is 11.1 Å². The number of carbonyl (C=O) groups is 2. The van der Waals surface area contributed by atoms with E-state index in [0.717, 1.165) is 58.2 Å². The van der Waals surface area contributed by atoms with Crippen LogP contribution in [0.25, 0.3) is 10.9 Å². The molecule has 1 aliphatic rings. The molecular formula is C23H25N3O3S. The topological polar surface area (TPSA) is 94.2 Å². The number of amides is 2. The molecule has 1 aliphatic carbocycles. The van der Waals surface area contributed by atoms with Crippen LogP contribution < -0.4 is 16.6 Å². The van der Waals surface area contributed by atoms with Crippen molar-refractivity contribution in [2.45, 2.75) is 52.5 Å². The number of nitrogens with one attached hydrogen (secondary N) is 1. The Kier molecular flexibility index (Phi) is 5.24. The number of rotatable bonds is 4. The Balaban J connectivity index is 1.76. The van der Waals surface area contributed by atoms with Crippen LogP contribution in [0.5, 0.6) is 0 Å². The third-order valence-electron chi connectivity index (χ3n) is 5.90. The minimum absolute atomic E-state index is 0.224. The monoisotopic (exact) mass is 423 g/mol. The quantitative estimate of drug-likeness (QED) is 0.667. The molecule has 4 rings (SSSR count). The number of primary amides is 1. The van der Waals surface area contributed by atoms with E-state index in [1.165, 1.54) is 15.9 Å². The Labute approximate surface area is 178 Å². The highest BCUT2D eigenvalue weighted by molar-refractivity contribution is 7.17. The Hall–Kier alpha value is -2.93. The van der Waals surface area contributed by atoms with E-state index in [0.29, 0.717) is 10.6 Å². The number of carbonyl (C=O) groups excluding carboxylic acids is 2. The number of nitrogens with two attached hydrogens (primary N) is 1. The van der Waals surface area contributed by atoms with Crippen LogP contribution in [0, 0.1) is 13.8 Å². The predicted octanol–water partition coefficient (Wildman–Crippen LogP) is 3.86.